The highest BCUT2D eigenvalue weighted by Crippen LogP contribution is 2.32. The summed E-state index contributed by atoms with van der Waals surface area (Å²) >= 11 is 0. The van der Waals surface area contributed by atoms with Crippen molar-refractivity contribution in [2.24, 2.45) is 0 Å². The zero-order chi connectivity index (χ0) is 13.9. The van der Waals surface area contributed by atoms with Gasteiger partial charge >= 0.3 is 0 Å². The summed E-state index contributed by atoms with van der Waals surface area (Å²) in [7, 11) is 2.02. The van der Waals surface area contributed by atoms with Gasteiger partial charge in [0.15, 0.2) is 0 Å². The zero-order valence-electron chi connectivity index (χ0n) is 12.2. The number of hydrogen-bond acceptors (Lipinski definition) is 3. The van der Waals surface area contributed by atoms with Gasteiger partial charge in [0, 0.05) is 6.04 Å². The van der Waals surface area contributed by atoms with Crippen LogP contribution in [-0.2, 0) is 6.42 Å². The number of aryl methyl sites for hydroxylation is 1. The van der Waals surface area contributed by atoms with Gasteiger partial charge in [0.1, 0.15) is 12.4 Å². The highest BCUT2D eigenvalue weighted by molar-refractivity contribution is 5.39. The van der Waals surface area contributed by atoms with Gasteiger partial charge in [-0.25, -0.2) is 0 Å². The molecular weight excluding hydrogens is 238 g/mol. The van der Waals surface area contributed by atoms with Gasteiger partial charge in [-0.2, -0.15) is 0 Å². The molecule has 1 aromatic rings. The number of fused-ring (bicyclic) bond motifs is 1. The Balaban J connectivity index is 2.09. The summed E-state index contributed by atoms with van der Waals surface area (Å²) in [6, 6.07) is 6.77. The molecule has 0 amide bonds. The van der Waals surface area contributed by atoms with Crippen molar-refractivity contribution < 1.29 is 9.84 Å². The summed E-state index contributed by atoms with van der Waals surface area (Å²) in [6.07, 6.45) is 4.23. The molecule has 0 radical (unpaired) electrons. The normalized spacial score (nSPS) is 21.6. The largest absolute Gasteiger partial charge is 0.491 e. The third-order valence-corrected chi connectivity index (χ3v) is 4.09. The highest BCUT2D eigenvalue weighted by atomic mass is 16.5. The van der Waals surface area contributed by atoms with Crippen molar-refractivity contribution >= 4 is 0 Å². The highest BCUT2D eigenvalue weighted by Gasteiger charge is 2.21. The average molecular weight is 263 g/mol. The molecule has 0 spiro atoms. The lowest BCUT2D eigenvalue weighted by molar-refractivity contribution is 0.00843. The van der Waals surface area contributed by atoms with Crippen molar-refractivity contribution in [2.75, 3.05) is 13.7 Å². The molecule has 3 nitrogen and oxygen atoms in total. The van der Waals surface area contributed by atoms with E-state index in [0.717, 1.165) is 12.2 Å². The second-order valence-electron chi connectivity index (χ2n) is 5.73. The minimum absolute atomic E-state index is 0.345. The fraction of sp³-hybridized carbons (Fsp3) is 0.625. The van der Waals surface area contributed by atoms with Crippen LogP contribution in [0.3, 0.4) is 0 Å². The first-order chi connectivity index (χ1) is 9.05. The molecule has 2 N–H and O–H groups in total. The van der Waals surface area contributed by atoms with Crippen molar-refractivity contribution in [3.05, 3.63) is 29.3 Å². The van der Waals surface area contributed by atoms with Crippen LogP contribution in [0.4, 0.5) is 0 Å². The smallest absolute Gasteiger partial charge is 0.119 e. The van der Waals surface area contributed by atoms with E-state index in [2.05, 4.69) is 17.4 Å². The lowest BCUT2D eigenvalue weighted by Crippen LogP contribution is -2.31. The molecule has 2 atom stereocenters. The molecule has 19 heavy (non-hydrogen) atoms. The molecule has 0 saturated carbocycles. The van der Waals surface area contributed by atoms with Gasteiger partial charge in [0.05, 0.1) is 5.60 Å². The zero-order valence-corrected chi connectivity index (χ0v) is 12.2. The van der Waals surface area contributed by atoms with Crippen molar-refractivity contribution in [3.63, 3.8) is 0 Å². The molecule has 1 aliphatic carbocycles. The van der Waals surface area contributed by atoms with Gasteiger partial charge in [-0.1, -0.05) is 13.0 Å². The Hall–Kier alpha value is -1.06. The number of ether oxygens (including phenoxy) is 1. The van der Waals surface area contributed by atoms with E-state index in [1.807, 2.05) is 27.0 Å². The quantitative estimate of drug-likeness (QED) is 0.858. The summed E-state index contributed by atoms with van der Waals surface area (Å²) in [6.45, 7) is 4.12. The number of rotatable bonds is 5. The summed E-state index contributed by atoms with van der Waals surface area (Å²) in [5.74, 6) is 0.865. The van der Waals surface area contributed by atoms with Gasteiger partial charge in [0.2, 0.25) is 0 Å². The van der Waals surface area contributed by atoms with Gasteiger partial charge in [-0.05, 0) is 62.9 Å². The van der Waals surface area contributed by atoms with Crippen LogP contribution in [0.1, 0.15) is 50.3 Å². The van der Waals surface area contributed by atoms with Crippen LogP contribution in [0.2, 0.25) is 0 Å². The van der Waals surface area contributed by atoms with Crippen LogP contribution < -0.4 is 10.1 Å². The van der Waals surface area contributed by atoms with Crippen molar-refractivity contribution in [1.29, 1.82) is 0 Å². The lowest BCUT2D eigenvalue weighted by Gasteiger charge is -2.26. The molecule has 0 aliphatic heterocycles. The van der Waals surface area contributed by atoms with Gasteiger partial charge in [-0.15, -0.1) is 0 Å². The number of nitrogens with one attached hydrogen (secondary N) is 1. The van der Waals surface area contributed by atoms with Crippen molar-refractivity contribution in [3.8, 4) is 5.75 Å². The Labute approximate surface area is 116 Å². The van der Waals surface area contributed by atoms with Crippen LogP contribution in [0.15, 0.2) is 18.2 Å². The minimum atomic E-state index is -0.747. The number of benzene rings is 1. The third kappa shape index (κ3) is 3.48. The molecule has 2 unspecified atom stereocenters. The maximum absolute atomic E-state index is 9.97. The first-order valence-electron chi connectivity index (χ1n) is 7.21. The van der Waals surface area contributed by atoms with Gasteiger partial charge in [-0.3, -0.25) is 0 Å². The van der Waals surface area contributed by atoms with E-state index in [-0.39, 0.29) is 0 Å². The Bertz CT molecular complexity index is 429. The maximum atomic E-state index is 9.97. The van der Waals surface area contributed by atoms with Gasteiger partial charge < -0.3 is 15.2 Å². The van der Waals surface area contributed by atoms with Crippen molar-refractivity contribution in [2.45, 2.75) is 51.2 Å². The fourth-order valence-electron chi connectivity index (χ4n) is 2.52. The molecule has 1 aliphatic rings. The molecule has 3 heteroatoms. The summed E-state index contributed by atoms with van der Waals surface area (Å²) in [5, 5.41) is 13.3. The van der Waals surface area contributed by atoms with Gasteiger partial charge in [0.25, 0.3) is 0 Å². The van der Waals surface area contributed by atoms with E-state index >= 15 is 0 Å². The Morgan fingerprint density at radius 1 is 1.47 bits per heavy atom. The van der Waals surface area contributed by atoms with E-state index < -0.39 is 5.60 Å². The predicted octanol–water partition coefficient (Wildman–Crippen LogP) is 2.82. The molecule has 0 saturated heterocycles. The van der Waals surface area contributed by atoms with E-state index in [0.29, 0.717) is 19.1 Å². The fourth-order valence-corrected chi connectivity index (χ4v) is 2.52. The van der Waals surface area contributed by atoms with Crippen LogP contribution in [0, 0.1) is 0 Å². The van der Waals surface area contributed by atoms with Crippen molar-refractivity contribution in [1.82, 2.24) is 5.32 Å². The SMILES string of the molecule is CCC(C)(O)COc1ccc2c(c1)CCCC2NC. The Morgan fingerprint density at radius 2 is 2.26 bits per heavy atom. The van der Waals surface area contributed by atoms with E-state index in [9.17, 15) is 5.11 Å². The molecule has 0 heterocycles. The van der Waals surface area contributed by atoms with E-state index in [4.69, 9.17) is 4.74 Å². The summed E-state index contributed by atoms with van der Waals surface area (Å²) in [5.41, 5.74) is 2.02. The second kappa shape index (κ2) is 5.93. The first-order valence-corrected chi connectivity index (χ1v) is 7.21. The first kappa shape index (κ1) is 14.4. The summed E-state index contributed by atoms with van der Waals surface area (Å²) < 4.78 is 5.73. The standard InChI is InChI=1S/C16H25NO2/c1-4-16(2,18)11-19-13-8-9-14-12(10-13)6-5-7-15(14)17-3/h8-10,15,17-18H,4-7,11H2,1-3H3. The lowest BCUT2D eigenvalue weighted by atomic mass is 9.87. The second-order valence-corrected chi connectivity index (χ2v) is 5.73. The van der Waals surface area contributed by atoms with E-state index in [1.165, 1.54) is 24.0 Å². The minimum Gasteiger partial charge on any atom is -0.491 e. The van der Waals surface area contributed by atoms with Crippen LogP contribution >= 0.6 is 0 Å². The molecule has 1 aromatic carbocycles. The molecule has 106 valence electrons. The third-order valence-electron chi connectivity index (χ3n) is 4.09. The average Bonchev–Trinajstić information content (AvgIpc) is 2.44. The molecular formula is C16H25NO2. The van der Waals surface area contributed by atoms with Crippen LogP contribution in [-0.4, -0.2) is 24.4 Å². The van der Waals surface area contributed by atoms with Crippen LogP contribution in [0.5, 0.6) is 5.75 Å². The van der Waals surface area contributed by atoms with E-state index in [1.54, 1.807) is 0 Å². The number of hydrogen-bond donors (Lipinski definition) is 2. The molecule has 0 fully saturated rings. The molecule has 0 bridgehead atoms. The molecule has 0 aromatic heterocycles. The Morgan fingerprint density at radius 3 is 2.95 bits per heavy atom. The monoisotopic (exact) mass is 263 g/mol. The summed E-state index contributed by atoms with van der Waals surface area (Å²) in [4.78, 5) is 0. The number of aliphatic hydroxyl groups is 1. The van der Waals surface area contributed by atoms with Crippen LogP contribution in [0.25, 0.3) is 0 Å². The Kier molecular flexibility index (Phi) is 4.48. The molecule has 2 rings (SSSR count). The maximum Gasteiger partial charge on any atom is 0.119 e. The predicted molar refractivity (Wildman–Crippen MR) is 77.6 cm³/mol. The topological polar surface area (TPSA) is 41.5 Å².